The lowest BCUT2D eigenvalue weighted by Gasteiger charge is -2.18. The van der Waals surface area contributed by atoms with Gasteiger partial charge in [-0.1, -0.05) is 79.5 Å². The molecule has 4 aromatic rings. The summed E-state index contributed by atoms with van der Waals surface area (Å²) in [5.41, 5.74) is 2.92. The number of benzene rings is 3. The normalized spacial score (nSPS) is 15.3. The van der Waals surface area contributed by atoms with Crippen LogP contribution in [-0.2, 0) is 23.5 Å². The van der Waals surface area contributed by atoms with Gasteiger partial charge in [-0.3, -0.25) is 19.0 Å². The van der Waals surface area contributed by atoms with Crippen LogP contribution in [0.3, 0.4) is 0 Å². The fourth-order valence-corrected chi connectivity index (χ4v) is 7.43. The van der Waals surface area contributed by atoms with Crippen LogP contribution in [0, 0.1) is 12.8 Å². The third-order valence-electron chi connectivity index (χ3n) is 8.07. The Morgan fingerprint density at radius 3 is 2.37 bits per heavy atom. The number of sulfonamides is 1. The summed E-state index contributed by atoms with van der Waals surface area (Å²) in [6, 6.07) is 20.1. The molecule has 0 aliphatic carbocycles. The molecule has 0 radical (unpaired) electrons. The van der Waals surface area contributed by atoms with Crippen molar-refractivity contribution < 1.29 is 13.2 Å². The number of carbonyl (C=O) groups is 1. The monoisotopic (exact) mass is 640 g/mol. The topological polar surface area (TPSA) is 93.4 Å². The molecule has 5 rings (SSSR count). The predicted octanol–water partition coefficient (Wildman–Crippen LogP) is 6.42. The number of anilines is 1. The molecule has 1 unspecified atom stereocenters. The second-order valence-corrected chi connectivity index (χ2v) is 13.8. The van der Waals surface area contributed by atoms with E-state index < -0.39 is 15.6 Å². The Hall–Kier alpha value is -3.53. The first kappa shape index (κ1) is 30.9. The quantitative estimate of drug-likeness (QED) is 0.240. The van der Waals surface area contributed by atoms with Gasteiger partial charge in [0.2, 0.25) is 0 Å². The highest BCUT2D eigenvalue weighted by Gasteiger charge is 2.31. The van der Waals surface area contributed by atoms with Crippen LogP contribution in [0.2, 0.25) is 10.0 Å². The number of nitrogens with one attached hydrogen (secondary N) is 1. The highest BCUT2D eigenvalue weighted by Crippen LogP contribution is 2.33. The van der Waals surface area contributed by atoms with E-state index in [1.165, 1.54) is 27.9 Å². The summed E-state index contributed by atoms with van der Waals surface area (Å²) in [4.78, 5) is 28.2. The number of nitrogens with zero attached hydrogens (tertiary/aromatic N) is 3. The minimum absolute atomic E-state index is 0.0691. The number of aromatic nitrogens is 2. The number of para-hydroxylation sites is 1. The van der Waals surface area contributed by atoms with Gasteiger partial charge >= 0.3 is 0 Å². The van der Waals surface area contributed by atoms with E-state index in [4.69, 9.17) is 23.2 Å². The van der Waals surface area contributed by atoms with Crippen LogP contribution in [0.1, 0.15) is 53.4 Å². The van der Waals surface area contributed by atoms with Gasteiger partial charge in [0, 0.05) is 25.7 Å². The molecule has 1 amide bonds. The molecular formula is C32H34Cl2N4O4S. The van der Waals surface area contributed by atoms with Crippen molar-refractivity contribution in [2.24, 2.45) is 13.0 Å². The van der Waals surface area contributed by atoms with Crippen molar-refractivity contribution in [1.82, 2.24) is 14.3 Å². The molecule has 0 saturated carbocycles. The molecule has 226 valence electrons. The fraction of sp³-hybridized carbons (Fsp3) is 0.312. The number of amides is 1. The maximum absolute atomic E-state index is 13.6. The number of rotatable bonds is 8. The van der Waals surface area contributed by atoms with Crippen LogP contribution < -0.4 is 10.3 Å². The maximum atomic E-state index is 13.6. The second-order valence-electron chi connectivity index (χ2n) is 11.3. The molecule has 1 fully saturated rings. The number of carbonyl (C=O) groups excluding carboxylic acids is 1. The van der Waals surface area contributed by atoms with Crippen LogP contribution in [-0.4, -0.2) is 41.7 Å². The van der Waals surface area contributed by atoms with Crippen molar-refractivity contribution >= 4 is 44.8 Å². The zero-order valence-corrected chi connectivity index (χ0v) is 26.8. The Balaban J connectivity index is 1.37. The van der Waals surface area contributed by atoms with Crippen LogP contribution in [0.5, 0.6) is 0 Å². The summed E-state index contributed by atoms with van der Waals surface area (Å²) in [6.07, 6.45) is 1.69. The molecule has 1 aliphatic heterocycles. The maximum Gasteiger partial charge on any atom is 0.296 e. The van der Waals surface area contributed by atoms with Crippen molar-refractivity contribution in [3.8, 4) is 5.69 Å². The minimum atomic E-state index is -4.40. The number of halogens is 2. The fourth-order valence-electron chi connectivity index (χ4n) is 5.50. The van der Waals surface area contributed by atoms with Crippen LogP contribution in [0.15, 0.2) is 76.4 Å². The van der Waals surface area contributed by atoms with Gasteiger partial charge in [-0.2, -0.15) is 0 Å². The molecular weight excluding hydrogens is 607 g/mol. The number of hydrogen-bond donors (Lipinski definition) is 1. The summed E-state index contributed by atoms with van der Waals surface area (Å²) < 4.78 is 32.6. The summed E-state index contributed by atoms with van der Waals surface area (Å²) in [5, 5.41) is -0.299. The number of hydrogen-bond acceptors (Lipinski definition) is 4. The molecule has 11 heteroatoms. The molecule has 1 saturated heterocycles. The first-order valence-corrected chi connectivity index (χ1v) is 16.3. The largest absolute Gasteiger partial charge is 0.338 e. The Morgan fingerprint density at radius 2 is 1.72 bits per heavy atom. The summed E-state index contributed by atoms with van der Waals surface area (Å²) in [5.74, 6) is 0.429. The lowest BCUT2D eigenvalue weighted by atomic mass is 9.96. The molecule has 1 N–H and O–H groups in total. The van der Waals surface area contributed by atoms with Gasteiger partial charge in [0.05, 0.1) is 21.4 Å². The predicted molar refractivity (Wildman–Crippen MR) is 171 cm³/mol. The van der Waals surface area contributed by atoms with Gasteiger partial charge < -0.3 is 4.90 Å². The van der Waals surface area contributed by atoms with Crippen LogP contribution >= 0.6 is 23.2 Å². The first-order valence-electron chi connectivity index (χ1n) is 14.1. The highest BCUT2D eigenvalue weighted by molar-refractivity contribution is 7.92. The van der Waals surface area contributed by atoms with Crippen molar-refractivity contribution in [2.45, 2.75) is 44.4 Å². The van der Waals surface area contributed by atoms with Crippen LogP contribution in [0.4, 0.5) is 5.69 Å². The third kappa shape index (κ3) is 6.25. The lowest BCUT2D eigenvalue weighted by molar-refractivity contribution is 0.0787. The molecule has 0 bridgehead atoms. The van der Waals surface area contributed by atoms with Gasteiger partial charge in [0.15, 0.2) is 0 Å². The van der Waals surface area contributed by atoms with Gasteiger partial charge in [-0.25, -0.2) is 13.1 Å². The minimum Gasteiger partial charge on any atom is -0.338 e. The van der Waals surface area contributed by atoms with Crippen molar-refractivity contribution in [1.29, 1.82) is 0 Å². The van der Waals surface area contributed by atoms with Gasteiger partial charge in [-0.05, 0) is 67.0 Å². The smallest absolute Gasteiger partial charge is 0.296 e. The van der Waals surface area contributed by atoms with E-state index in [9.17, 15) is 18.0 Å². The zero-order chi connectivity index (χ0) is 31.1. The van der Waals surface area contributed by atoms with E-state index in [0.29, 0.717) is 30.4 Å². The summed E-state index contributed by atoms with van der Waals surface area (Å²) in [7, 11) is -2.74. The molecule has 3 aromatic carbocycles. The highest BCUT2D eigenvalue weighted by atomic mass is 35.5. The van der Waals surface area contributed by atoms with E-state index in [2.05, 4.69) is 42.8 Å². The van der Waals surface area contributed by atoms with E-state index in [1.807, 2.05) is 6.07 Å². The Kier molecular flexibility index (Phi) is 8.79. The van der Waals surface area contributed by atoms with Crippen molar-refractivity contribution in [3.63, 3.8) is 0 Å². The molecule has 2 heterocycles. The summed E-state index contributed by atoms with van der Waals surface area (Å²) >= 11 is 12.7. The Morgan fingerprint density at radius 1 is 1.05 bits per heavy atom. The summed E-state index contributed by atoms with van der Waals surface area (Å²) in [6.45, 7) is 7.06. The van der Waals surface area contributed by atoms with E-state index in [0.717, 1.165) is 12.8 Å². The first-order chi connectivity index (χ1) is 20.4. The van der Waals surface area contributed by atoms with Crippen LogP contribution in [0.25, 0.3) is 5.69 Å². The standard InChI is InChI=1S/C32H34Cl2N4O4S/c1-20(2)24-12-10-22(11-13-24)16-23-14-15-37(19-23)31(39)25-17-27(33)29(34)28(18-25)43(41,42)35-30-21(3)36(4)38(32(30)40)26-8-6-5-7-9-26/h5-13,17-18,20,23,35H,14-16,19H2,1-4H3. The van der Waals surface area contributed by atoms with E-state index in [1.54, 1.807) is 47.8 Å². The molecule has 43 heavy (non-hydrogen) atoms. The number of likely N-dealkylation sites (tertiary alicyclic amines) is 1. The Labute approximate surface area is 261 Å². The zero-order valence-electron chi connectivity index (χ0n) is 24.5. The van der Waals surface area contributed by atoms with Gasteiger partial charge in [0.25, 0.3) is 21.5 Å². The molecule has 8 nitrogen and oxygen atoms in total. The molecule has 0 spiro atoms. The average molecular weight is 642 g/mol. The SMILES string of the molecule is Cc1c(NS(=O)(=O)c2cc(C(=O)N3CCC(Cc4ccc(C(C)C)cc4)C3)cc(Cl)c2Cl)c(=O)n(-c2ccccc2)n1C. The second kappa shape index (κ2) is 12.2. The Bertz CT molecular complexity index is 1830. The lowest BCUT2D eigenvalue weighted by Crippen LogP contribution is -2.29. The van der Waals surface area contributed by atoms with Gasteiger partial charge in [0.1, 0.15) is 10.6 Å². The van der Waals surface area contributed by atoms with Gasteiger partial charge in [-0.15, -0.1) is 0 Å². The average Bonchev–Trinajstić information content (AvgIpc) is 3.52. The van der Waals surface area contributed by atoms with Crippen molar-refractivity contribution in [2.75, 3.05) is 17.8 Å². The van der Waals surface area contributed by atoms with Crippen molar-refractivity contribution in [3.05, 3.63) is 110 Å². The van der Waals surface area contributed by atoms with E-state index in [-0.39, 0.29) is 38.0 Å². The third-order valence-corrected chi connectivity index (χ3v) is 10.4. The molecule has 1 aromatic heterocycles. The van der Waals surface area contributed by atoms with E-state index >= 15 is 0 Å². The molecule has 1 atom stereocenters. The molecule has 1 aliphatic rings.